The second-order valence-electron chi connectivity index (χ2n) is 13.5. The van der Waals surface area contributed by atoms with Gasteiger partial charge in [0.1, 0.15) is 22.3 Å². The first kappa shape index (κ1) is 41.5. The van der Waals surface area contributed by atoms with Gasteiger partial charge < -0.3 is 9.47 Å². The number of hydrogen-bond donors (Lipinski definition) is 2. The normalized spacial score (nSPS) is 23.4. The van der Waals surface area contributed by atoms with Crippen molar-refractivity contribution in [2.24, 2.45) is 9.98 Å². The molecule has 0 aliphatic carbocycles. The summed E-state index contributed by atoms with van der Waals surface area (Å²) in [5.41, 5.74) is -2.20. The predicted molar refractivity (Wildman–Crippen MR) is 200 cm³/mol. The summed E-state index contributed by atoms with van der Waals surface area (Å²) < 4.78 is 64.5. The van der Waals surface area contributed by atoms with Crippen molar-refractivity contribution in [2.75, 3.05) is 25.6 Å². The van der Waals surface area contributed by atoms with Gasteiger partial charge in [0.25, 0.3) is 0 Å². The number of halogens is 3. The molecule has 0 fully saturated rings. The smallest absolute Gasteiger partial charge is 0.414 e. The Hall–Kier alpha value is -1.97. The molecule has 0 spiro atoms. The summed E-state index contributed by atoms with van der Waals surface area (Å²) in [6, 6.07) is 3.57. The number of hydrogen-bond acceptors (Lipinski definition) is 12. The molecule has 2 aliphatic rings. The first-order chi connectivity index (χ1) is 22.1. The summed E-state index contributed by atoms with van der Waals surface area (Å²) in [7, 11) is -4.64. The zero-order chi connectivity index (χ0) is 37.5. The molecule has 0 aromatic carbocycles. The zero-order valence-corrected chi connectivity index (χ0v) is 35.7. The average Bonchev–Trinajstić information content (AvgIpc) is 3.48. The van der Waals surface area contributed by atoms with Crippen molar-refractivity contribution in [1.82, 2.24) is 19.2 Å². The van der Waals surface area contributed by atoms with E-state index in [1.807, 2.05) is 11.4 Å². The van der Waals surface area contributed by atoms with Crippen molar-refractivity contribution >= 4 is 110 Å². The lowest BCUT2D eigenvalue weighted by atomic mass is 9.98. The van der Waals surface area contributed by atoms with Crippen LogP contribution in [0.5, 0.6) is 0 Å². The number of ether oxygens (including phenoxy) is 2. The van der Waals surface area contributed by atoms with E-state index in [4.69, 9.17) is 21.1 Å². The van der Waals surface area contributed by atoms with Crippen molar-refractivity contribution in [2.45, 2.75) is 77.7 Å². The fourth-order valence-corrected chi connectivity index (χ4v) is 10.9. The van der Waals surface area contributed by atoms with Crippen molar-refractivity contribution in [3.63, 3.8) is 0 Å². The van der Waals surface area contributed by atoms with Gasteiger partial charge in [0, 0.05) is 19.7 Å². The number of thiophene rings is 2. The summed E-state index contributed by atoms with van der Waals surface area (Å²) in [4.78, 5) is 33.0. The first-order valence-electron chi connectivity index (χ1n) is 14.4. The highest BCUT2D eigenvalue weighted by Crippen LogP contribution is 2.42. The molecule has 0 radical (unpaired) electrons. The highest BCUT2D eigenvalue weighted by molar-refractivity contribution is 9.11. The maximum absolute atomic E-state index is 12.6. The Morgan fingerprint density at radius 1 is 0.837 bits per heavy atom. The molecule has 49 heavy (non-hydrogen) atoms. The molecule has 2 aliphatic heterocycles. The van der Waals surface area contributed by atoms with E-state index in [-0.39, 0.29) is 23.4 Å². The fraction of sp³-hybridized carbons (Fsp3) is 0.571. The Balaban J connectivity index is 0.000000266. The number of nitrogens with one attached hydrogen (secondary N) is 2. The number of guanidine groups is 2. The molecule has 2 aromatic rings. The Morgan fingerprint density at radius 3 is 1.63 bits per heavy atom. The van der Waals surface area contributed by atoms with Gasteiger partial charge in [-0.05, 0) is 110 Å². The van der Waals surface area contributed by atoms with Gasteiger partial charge in [-0.15, -0.1) is 22.7 Å². The monoisotopic (exact) mass is 908 g/mol. The molecule has 2 atom stereocenters. The summed E-state index contributed by atoms with van der Waals surface area (Å²) in [5, 5.41) is 6.70. The van der Waals surface area contributed by atoms with Crippen LogP contribution in [0.15, 0.2) is 35.1 Å². The Bertz CT molecular complexity index is 1890. The molecular formula is C28H39Br2ClN6O8S4. The number of alkyl carbamates (subject to hydrolysis) is 2. The molecule has 274 valence electrons. The number of aliphatic imine (C=N–C) groups is 2. The minimum absolute atomic E-state index is 0.0553. The molecular weight excluding hydrogens is 872 g/mol. The Labute approximate surface area is 317 Å². The van der Waals surface area contributed by atoms with Crippen LogP contribution >= 0.6 is 66.1 Å². The lowest BCUT2D eigenvalue weighted by molar-refractivity contribution is 0.0546. The molecule has 0 unspecified atom stereocenters. The minimum atomic E-state index is -3.70. The Kier molecular flexibility index (Phi) is 12.3. The van der Waals surface area contributed by atoms with E-state index in [1.54, 1.807) is 61.5 Å². The van der Waals surface area contributed by atoms with Gasteiger partial charge in [0.15, 0.2) is 0 Å². The van der Waals surface area contributed by atoms with Crippen LogP contribution in [0.4, 0.5) is 9.59 Å². The van der Waals surface area contributed by atoms with Crippen LogP contribution < -0.4 is 10.6 Å². The number of sulfonamides is 2. The van der Waals surface area contributed by atoms with E-state index < -0.39 is 54.5 Å². The third kappa shape index (κ3) is 10.8. The van der Waals surface area contributed by atoms with Crippen LogP contribution in [0, 0.1) is 0 Å². The maximum atomic E-state index is 12.6. The summed E-state index contributed by atoms with van der Waals surface area (Å²) in [6.07, 6.45) is -1.53. The van der Waals surface area contributed by atoms with Crippen molar-refractivity contribution in [1.29, 1.82) is 0 Å². The average molecular weight is 911 g/mol. The minimum Gasteiger partial charge on any atom is -0.444 e. The fourth-order valence-electron chi connectivity index (χ4n) is 4.43. The van der Waals surface area contributed by atoms with Gasteiger partial charge in [-0.3, -0.25) is 10.6 Å². The molecule has 2 N–H and O–H groups in total. The zero-order valence-electron chi connectivity index (χ0n) is 28.5. The van der Waals surface area contributed by atoms with E-state index in [2.05, 4.69) is 52.5 Å². The summed E-state index contributed by atoms with van der Waals surface area (Å²) >= 11 is 15.7. The summed E-state index contributed by atoms with van der Waals surface area (Å²) in [5.74, 6) is -0.611. The third-order valence-electron chi connectivity index (χ3n) is 6.72. The predicted octanol–water partition coefficient (Wildman–Crippen LogP) is 6.42. The van der Waals surface area contributed by atoms with Gasteiger partial charge in [0.05, 0.1) is 23.4 Å². The maximum Gasteiger partial charge on any atom is 0.414 e. The van der Waals surface area contributed by atoms with E-state index in [0.29, 0.717) is 9.90 Å². The number of carbonyl (C=O) groups is 2. The van der Waals surface area contributed by atoms with Gasteiger partial charge in [-0.1, -0.05) is 11.6 Å². The van der Waals surface area contributed by atoms with Gasteiger partial charge in [-0.25, -0.2) is 45.0 Å². The lowest BCUT2D eigenvalue weighted by Crippen LogP contribution is -2.54. The highest BCUT2D eigenvalue weighted by Gasteiger charge is 2.44. The van der Waals surface area contributed by atoms with E-state index in [0.717, 1.165) is 21.7 Å². The number of rotatable bonds is 2. The lowest BCUT2D eigenvalue weighted by Gasteiger charge is -2.35. The van der Waals surface area contributed by atoms with E-state index in [1.165, 1.54) is 36.8 Å². The largest absolute Gasteiger partial charge is 0.444 e. The van der Waals surface area contributed by atoms with Crippen molar-refractivity contribution in [3.8, 4) is 0 Å². The van der Waals surface area contributed by atoms with E-state index >= 15 is 0 Å². The number of amides is 2. The van der Waals surface area contributed by atoms with Crippen molar-refractivity contribution in [3.05, 3.63) is 40.5 Å². The molecule has 21 heteroatoms. The Morgan fingerprint density at radius 2 is 1.27 bits per heavy atom. The third-order valence-corrected chi connectivity index (χ3v) is 13.9. The van der Waals surface area contributed by atoms with Crippen LogP contribution in [-0.2, 0) is 40.6 Å². The highest BCUT2D eigenvalue weighted by atomic mass is 79.9. The van der Waals surface area contributed by atoms with Gasteiger partial charge >= 0.3 is 12.2 Å². The second kappa shape index (κ2) is 14.6. The standard InChI is InChI=1S/C14H19BrClN3O4S2.C14H20BrN3O4S2/c1-13(2,3)23-12(20)17-11-18-14(4,7-25(21,22)19(11)5)8-6-9(15)24-10(8)16;1-13(2,3)22-12(19)16-11-17-14(4,8-24(20,21)18(11)5)9-6-10(15)23-7-9/h6H,7H2,1-5H3,(H,17,18,20);6-7H,8H2,1-5H3,(H,16,17,19)/t2*14-/m00/s1. The van der Waals surface area contributed by atoms with Crippen LogP contribution in [0.1, 0.15) is 66.5 Å². The number of nitrogens with zero attached hydrogens (tertiary/aromatic N) is 4. The van der Waals surface area contributed by atoms with Crippen LogP contribution in [0.2, 0.25) is 4.34 Å². The van der Waals surface area contributed by atoms with Crippen LogP contribution in [0.25, 0.3) is 0 Å². The first-order valence-corrected chi connectivity index (χ1v) is 21.3. The molecule has 4 heterocycles. The van der Waals surface area contributed by atoms with Crippen LogP contribution in [0.3, 0.4) is 0 Å². The molecule has 0 saturated carbocycles. The molecule has 2 aromatic heterocycles. The molecule has 0 saturated heterocycles. The van der Waals surface area contributed by atoms with Gasteiger partial charge in [0.2, 0.25) is 32.0 Å². The molecule has 14 nitrogen and oxygen atoms in total. The molecule has 2 amide bonds. The molecule has 0 bridgehead atoms. The molecule has 4 rings (SSSR count). The van der Waals surface area contributed by atoms with Crippen molar-refractivity contribution < 1.29 is 35.9 Å². The SMILES string of the molecule is CN1C(NC(=O)OC(C)(C)C)=N[C@](C)(c2cc(Br)sc2Cl)CS1(=O)=O.CN1C(NC(=O)OC(C)(C)C)=N[C@](C)(c2csc(Br)c2)CS1(=O)=O. The number of carbonyl (C=O) groups excluding carboxylic acids is 2. The van der Waals surface area contributed by atoms with Gasteiger partial charge in [-0.2, -0.15) is 0 Å². The topological polar surface area (TPSA) is 176 Å². The second-order valence-corrected chi connectivity index (χ2v) is 22.8. The van der Waals surface area contributed by atoms with E-state index in [9.17, 15) is 26.4 Å². The van der Waals surface area contributed by atoms with Crippen LogP contribution in [-0.4, -0.2) is 86.4 Å². The quantitative estimate of drug-likeness (QED) is 0.347. The summed E-state index contributed by atoms with van der Waals surface area (Å²) in [6.45, 7) is 13.7.